The van der Waals surface area contributed by atoms with E-state index in [2.05, 4.69) is 27.2 Å². The summed E-state index contributed by atoms with van der Waals surface area (Å²) < 4.78 is 1.69. The number of nitrogens with one attached hydrogen (secondary N) is 1. The van der Waals surface area contributed by atoms with E-state index in [1.807, 2.05) is 24.3 Å². The summed E-state index contributed by atoms with van der Waals surface area (Å²) >= 11 is 0. The zero-order valence-electron chi connectivity index (χ0n) is 12.1. The first kappa shape index (κ1) is 13.9. The standard InChI is InChI=1S/C16H15N5O/c1-2-12-3-5-13(6-4-12)15(22)20-14-9-18-16(19-10-14)21-8-7-17-11-21/h3-11H,2H2,1H3,(H,20,22). The predicted octanol–water partition coefficient (Wildman–Crippen LogP) is 2.48. The number of hydrogen-bond acceptors (Lipinski definition) is 4. The number of carbonyl (C=O) groups excluding carboxylic acids is 1. The second-order valence-corrected chi connectivity index (χ2v) is 4.75. The highest BCUT2D eigenvalue weighted by atomic mass is 16.1. The van der Waals surface area contributed by atoms with E-state index in [9.17, 15) is 4.79 Å². The highest BCUT2D eigenvalue weighted by Gasteiger charge is 2.07. The molecule has 0 bridgehead atoms. The highest BCUT2D eigenvalue weighted by Crippen LogP contribution is 2.10. The summed E-state index contributed by atoms with van der Waals surface area (Å²) in [6.07, 6.45) is 9.11. The van der Waals surface area contributed by atoms with E-state index in [1.54, 1.807) is 35.7 Å². The average molecular weight is 293 g/mol. The fourth-order valence-corrected chi connectivity index (χ4v) is 1.99. The molecule has 22 heavy (non-hydrogen) atoms. The maximum atomic E-state index is 12.1. The molecule has 0 saturated heterocycles. The molecule has 110 valence electrons. The molecule has 1 amide bonds. The molecule has 0 aliphatic carbocycles. The molecule has 0 radical (unpaired) electrons. The fourth-order valence-electron chi connectivity index (χ4n) is 1.99. The van der Waals surface area contributed by atoms with Gasteiger partial charge >= 0.3 is 0 Å². The lowest BCUT2D eigenvalue weighted by atomic mass is 10.1. The van der Waals surface area contributed by atoms with Gasteiger partial charge in [0.05, 0.1) is 18.1 Å². The molecule has 0 saturated carbocycles. The molecule has 6 nitrogen and oxygen atoms in total. The Morgan fingerprint density at radius 2 is 1.91 bits per heavy atom. The molecule has 0 aliphatic heterocycles. The average Bonchev–Trinajstić information content (AvgIpc) is 3.10. The van der Waals surface area contributed by atoms with Crippen molar-refractivity contribution in [3.8, 4) is 5.95 Å². The number of rotatable bonds is 4. The maximum absolute atomic E-state index is 12.1. The van der Waals surface area contributed by atoms with Crippen molar-refractivity contribution in [3.05, 3.63) is 66.5 Å². The number of hydrogen-bond donors (Lipinski definition) is 1. The molecule has 0 aliphatic rings. The monoisotopic (exact) mass is 293 g/mol. The number of imidazole rings is 1. The molecule has 0 fully saturated rings. The summed E-state index contributed by atoms with van der Waals surface area (Å²) in [5.41, 5.74) is 2.36. The van der Waals surface area contributed by atoms with Crippen molar-refractivity contribution >= 4 is 11.6 Å². The van der Waals surface area contributed by atoms with Crippen LogP contribution in [0.15, 0.2) is 55.4 Å². The molecule has 0 atom stereocenters. The quantitative estimate of drug-likeness (QED) is 0.802. The van der Waals surface area contributed by atoms with Crippen molar-refractivity contribution in [2.75, 3.05) is 5.32 Å². The third-order valence-electron chi connectivity index (χ3n) is 3.26. The smallest absolute Gasteiger partial charge is 0.255 e. The largest absolute Gasteiger partial charge is 0.319 e. The molecule has 0 unspecified atom stereocenters. The fraction of sp³-hybridized carbons (Fsp3) is 0.125. The van der Waals surface area contributed by atoms with E-state index in [1.165, 1.54) is 5.56 Å². The Balaban J connectivity index is 1.71. The van der Waals surface area contributed by atoms with Gasteiger partial charge in [-0.15, -0.1) is 0 Å². The number of aryl methyl sites for hydroxylation is 1. The second-order valence-electron chi connectivity index (χ2n) is 4.75. The number of carbonyl (C=O) groups is 1. The number of nitrogens with zero attached hydrogens (tertiary/aromatic N) is 4. The lowest BCUT2D eigenvalue weighted by Crippen LogP contribution is -2.12. The highest BCUT2D eigenvalue weighted by molar-refractivity contribution is 6.04. The third kappa shape index (κ3) is 3.01. The van der Waals surface area contributed by atoms with Crippen molar-refractivity contribution in [1.29, 1.82) is 0 Å². The Bertz CT molecular complexity index is 748. The first-order valence-corrected chi connectivity index (χ1v) is 6.97. The summed E-state index contributed by atoms with van der Waals surface area (Å²) in [6, 6.07) is 7.53. The Kier molecular flexibility index (Phi) is 3.91. The minimum absolute atomic E-state index is 0.179. The Labute approximate surface area is 127 Å². The van der Waals surface area contributed by atoms with E-state index in [0.29, 0.717) is 17.2 Å². The van der Waals surface area contributed by atoms with Gasteiger partial charge in [0.15, 0.2) is 0 Å². The Morgan fingerprint density at radius 3 is 2.50 bits per heavy atom. The van der Waals surface area contributed by atoms with Crippen LogP contribution in [-0.4, -0.2) is 25.4 Å². The lowest BCUT2D eigenvalue weighted by Gasteiger charge is -2.06. The zero-order chi connectivity index (χ0) is 15.4. The van der Waals surface area contributed by atoms with E-state index >= 15 is 0 Å². The van der Waals surface area contributed by atoms with Gasteiger partial charge in [-0.25, -0.2) is 15.0 Å². The van der Waals surface area contributed by atoms with E-state index < -0.39 is 0 Å². The first-order chi connectivity index (χ1) is 10.8. The van der Waals surface area contributed by atoms with Gasteiger partial charge in [-0.05, 0) is 24.1 Å². The van der Waals surface area contributed by atoms with Gasteiger partial charge in [0.25, 0.3) is 5.91 Å². The lowest BCUT2D eigenvalue weighted by molar-refractivity contribution is 0.102. The molecule has 0 spiro atoms. The number of anilines is 1. The summed E-state index contributed by atoms with van der Waals surface area (Å²) in [4.78, 5) is 24.5. The van der Waals surface area contributed by atoms with Crippen LogP contribution in [0.3, 0.4) is 0 Å². The molecular formula is C16H15N5O. The Morgan fingerprint density at radius 1 is 1.18 bits per heavy atom. The van der Waals surface area contributed by atoms with Crippen molar-refractivity contribution in [1.82, 2.24) is 19.5 Å². The van der Waals surface area contributed by atoms with Crippen LogP contribution in [-0.2, 0) is 6.42 Å². The van der Waals surface area contributed by atoms with E-state index in [4.69, 9.17) is 0 Å². The molecule has 1 aromatic carbocycles. The maximum Gasteiger partial charge on any atom is 0.255 e. The van der Waals surface area contributed by atoms with Crippen molar-refractivity contribution < 1.29 is 4.79 Å². The zero-order valence-corrected chi connectivity index (χ0v) is 12.1. The van der Waals surface area contributed by atoms with Crippen molar-refractivity contribution in [2.45, 2.75) is 13.3 Å². The van der Waals surface area contributed by atoms with Gasteiger partial charge in [-0.1, -0.05) is 19.1 Å². The van der Waals surface area contributed by atoms with Crippen LogP contribution in [0, 0.1) is 0 Å². The summed E-state index contributed by atoms with van der Waals surface area (Å²) in [6.45, 7) is 2.08. The van der Waals surface area contributed by atoms with E-state index in [-0.39, 0.29) is 5.91 Å². The van der Waals surface area contributed by atoms with Gasteiger partial charge in [0, 0.05) is 18.0 Å². The van der Waals surface area contributed by atoms with Gasteiger partial charge in [0.1, 0.15) is 6.33 Å². The summed E-state index contributed by atoms with van der Waals surface area (Å²) in [5, 5.41) is 2.78. The molecule has 1 N–H and O–H groups in total. The number of aromatic nitrogens is 4. The molecular weight excluding hydrogens is 278 g/mol. The SMILES string of the molecule is CCc1ccc(C(=O)Nc2cnc(-n3ccnc3)nc2)cc1. The van der Waals surface area contributed by atoms with Crippen molar-refractivity contribution in [2.24, 2.45) is 0 Å². The van der Waals surface area contributed by atoms with Crippen molar-refractivity contribution in [3.63, 3.8) is 0 Å². The molecule has 3 aromatic rings. The van der Waals surface area contributed by atoms with Gasteiger partial charge in [-0.2, -0.15) is 0 Å². The first-order valence-electron chi connectivity index (χ1n) is 6.97. The van der Waals surface area contributed by atoms with E-state index in [0.717, 1.165) is 6.42 Å². The van der Waals surface area contributed by atoms with Gasteiger partial charge < -0.3 is 5.32 Å². The summed E-state index contributed by atoms with van der Waals surface area (Å²) in [5.74, 6) is 0.324. The normalized spacial score (nSPS) is 10.4. The number of amides is 1. The van der Waals surface area contributed by atoms with Crippen LogP contribution in [0.2, 0.25) is 0 Å². The number of benzene rings is 1. The van der Waals surface area contributed by atoms with Crippen LogP contribution >= 0.6 is 0 Å². The molecule has 2 heterocycles. The minimum atomic E-state index is -0.179. The minimum Gasteiger partial charge on any atom is -0.319 e. The third-order valence-corrected chi connectivity index (χ3v) is 3.26. The molecule has 3 rings (SSSR count). The van der Waals surface area contributed by atoms with Crippen LogP contribution in [0.5, 0.6) is 0 Å². The topological polar surface area (TPSA) is 72.7 Å². The van der Waals surface area contributed by atoms with Crippen LogP contribution in [0.4, 0.5) is 5.69 Å². The predicted molar refractivity (Wildman–Crippen MR) is 82.9 cm³/mol. The summed E-state index contributed by atoms with van der Waals surface area (Å²) in [7, 11) is 0. The molecule has 6 heteroatoms. The Hall–Kier alpha value is -3.02. The van der Waals surface area contributed by atoms with Crippen LogP contribution < -0.4 is 5.32 Å². The van der Waals surface area contributed by atoms with Gasteiger partial charge in [0.2, 0.25) is 5.95 Å². The van der Waals surface area contributed by atoms with Crippen LogP contribution in [0.25, 0.3) is 5.95 Å². The second kappa shape index (κ2) is 6.17. The molecule has 2 aromatic heterocycles. The van der Waals surface area contributed by atoms with Crippen LogP contribution in [0.1, 0.15) is 22.8 Å². The van der Waals surface area contributed by atoms with Gasteiger partial charge in [-0.3, -0.25) is 9.36 Å².